The minimum absolute atomic E-state index is 0.268. The van der Waals surface area contributed by atoms with Crippen molar-refractivity contribution in [2.45, 2.75) is 53.4 Å². The van der Waals surface area contributed by atoms with Gasteiger partial charge in [0, 0.05) is 0 Å². The summed E-state index contributed by atoms with van der Waals surface area (Å²) in [5.41, 5.74) is 8.90. The van der Waals surface area contributed by atoms with Gasteiger partial charge in [0.1, 0.15) is 6.61 Å². The van der Waals surface area contributed by atoms with Gasteiger partial charge in [-0.3, -0.25) is 0 Å². The van der Waals surface area contributed by atoms with Gasteiger partial charge in [-0.05, 0) is 59.5 Å². The molecule has 0 aliphatic carbocycles. The molecule has 0 spiro atoms. The largest absolute Gasteiger partial charge is 0.445 e. The van der Waals surface area contributed by atoms with Crippen molar-refractivity contribution in [1.29, 1.82) is 0 Å². The van der Waals surface area contributed by atoms with E-state index in [1.54, 1.807) is 0 Å². The lowest BCUT2D eigenvalue weighted by atomic mass is 10.1. The number of hydrogen-bond acceptors (Lipinski definition) is 2. The van der Waals surface area contributed by atoms with Gasteiger partial charge in [-0.2, -0.15) is 0 Å². The lowest BCUT2D eigenvalue weighted by molar-refractivity contribution is 0.169. The van der Waals surface area contributed by atoms with Crippen LogP contribution in [-0.2, 0) is 4.74 Å². The summed E-state index contributed by atoms with van der Waals surface area (Å²) in [5.74, 6) is 0. The zero-order chi connectivity index (χ0) is 14.7. The van der Waals surface area contributed by atoms with Crippen LogP contribution in [-0.4, -0.2) is 12.7 Å². The third kappa shape index (κ3) is 12.7. The molecule has 1 amide bonds. The van der Waals surface area contributed by atoms with Crippen LogP contribution < -0.4 is 5.73 Å². The van der Waals surface area contributed by atoms with E-state index in [0.29, 0.717) is 0 Å². The van der Waals surface area contributed by atoms with Crippen LogP contribution in [0.5, 0.6) is 0 Å². The smallest absolute Gasteiger partial charge is 0.404 e. The van der Waals surface area contributed by atoms with E-state index in [4.69, 9.17) is 5.73 Å². The summed E-state index contributed by atoms with van der Waals surface area (Å²) < 4.78 is 4.66. The summed E-state index contributed by atoms with van der Waals surface area (Å²) in [6.07, 6.45) is 9.98. The molecule has 3 nitrogen and oxygen atoms in total. The third-order valence-corrected chi connectivity index (χ3v) is 2.78. The van der Waals surface area contributed by atoms with Crippen LogP contribution in [0.3, 0.4) is 0 Å². The van der Waals surface area contributed by atoms with Crippen molar-refractivity contribution in [3.63, 3.8) is 0 Å². The summed E-state index contributed by atoms with van der Waals surface area (Å²) in [6.45, 7) is 8.73. The van der Waals surface area contributed by atoms with Gasteiger partial charge in [0.05, 0.1) is 0 Å². The van der Waals surface area contributed by atoms with Gasteiger partial charge in [-0.25, -0.2) is 4.79 Å². The third-order valence-electron chi connectivity index (χ3n) is 2.78. The summed E-state index contributed by atoms with van der Waals surface area (Å²) in [5, 5.41) is 0. The van der Waals surface area contributed by atoms with Crippen LogP contribution in [0.4, 0.5) is 4.79 Å². The van der Waals surface area contributed by atoms with Crippen LogP contribution in [0.1, 0.15) is 53.4 Å². The van der Waals surface area contributed by atoms with E-state index in [-0.39, 0.29) is 6.61 Å². The van der Waals surface area contributed by atoms with Crippen LogP contribution in [0.2, 0.25) is 0 Å². The van der Waals surface area contributed by atoms with Gasteiger partial charge >= 0.3 is 6.09 Å². The maximum absolute atomic E-state index is 10.4. The molecule has 0 radical (unpaired) electrons. The fourth-order valence-corrected chi connectivity index (χ4v) is 1.60. The molecule has 0 fully saturated rings. The molecule has 0 aromatic rings. The van der Waals surface area contributed by atoms with E-state index in [0.717, 1.165) is 25.7 Å². The van der Waals surface area contributed by atoms with Crippen LogP contribution in [0, 0.1) is 0 Å². The van der Waals surface area contributed by atoms with E-state index in [1.165, 1.54) is 16.7 Å². The van der Waals surface area contributed by atoms with Crippen molar-refractivity contribution in [1.82, 2.24) is 0 Å². The Kier molecular flexibility index (Phi) is 9.59. The molecule has 0 saturated carbocycles. The monoisotopic (exact) mass is 265 g/mol. The molecular formula is C16H27NO2. The van der Waals surface area contributed by atoms with Crippen LogP contribution in [0.25, 0.3) is 0 Å². The molecule has 0 aromatic carbocycles. The lowest BCUT2D eigenvalue weighted by Gasteiger charge is -2.02. The maximum Gasteiger partial charge on any atom is 0.404 e. The predicted molar refractivity (Wildman–Crippen MR) is 80.9 cm³/mol. The fraction of sp³-hybridized carbons (Fsp3) is 0.562. The molecule has 0 rings (SSSR count). The van der Waals surface area contributed by atoms with E-state index >= 15 is 0 Å². The van der Waals surface area contributed by atoms with E-state index in [1.807, 2.05) is 13.0 Å². The number of nitrogens with two attached hydrogens (primary N) is 1. The van der Waals surface area contributed by atoms with E-state index < -0.39 is 6.09 Å². The molecule has 0 bridgehead atoms. The number of amides is 1. The first-order chi connectivity index (χ1) is 8.91. The van der Waals surface area contributed by atoms with Crippen molar-refractivity contribution in [2.75, 3.05) is 6.61 Å². The Labute approximate surface area is 117 Å². The van der Waals surface area contributed by atoms with Crippen LogP contribution >= 0.6 is 0 Å². The standard InChI is InChI=1S/C16H27NO2/c1-13(2)7-5-8-14(3)9-6-10-15(4)11-12-19-16(17)18/h7,9,11H,5-6,8,10,12H2,1-4H3,(H2,17,18). The Morgan fingerprint density at radius 2 is 1.47 bits per heavy atom. The van der Waals surface area contributed by atoms with E-state index in [9.17, 15) is 4.79 Å². The summed E-state index contributed by atoms with van der Waals surface area (Å²) in [6, 6.07) is 0. The number of allylic oxidation sites excluding steroid dienone is 5. The quantitative estimate of drug-likeness (QED) is 0.657. The van der Waals surface area contributed by atoms with E-state index in [2.05, 4.69) is 37.7 Å². The molecule has 108 valence electrons. The first-order valence-electron chi connectivity index (χ1n) is 6.78. The van der Waals surface area contributed by atoms with Gasteiger partial charge in [-0.15, -0.1) is 0 Å². The summed E-state index contributed by atoms with van der Waals surface area (Å²) in [7, 11) is 0. The zero-order valence-electron chi connectivity index (χ0n) is 12.7. The highest BCUT2D eigenvalue weighted by Gasteiger charge is 1.93. The molecule has 0 unspecified atom stereocenters. The van der Waals surface area contributed by atoms with Crippen molar-refractivity contribution >= 4 is 6.09 Å². The molecule has 0 saturated heterocycles. The predicted octanol–water partition coefficient (Wildman–Crippen LogP) is 4.50. The average Bonchev–Trinajstić information content (AvgIpc) is 2.27. The Hall–Kier alpha value is -1.51. The Morgan fingerprint density at radius 1 is 0.947 bits per heavy atom. The maximum atomic E-state index is 10.4. The second-order valence-corrected chi connectivity index (χ2v) is 5.09. The fourth-order valence-electron chi connectivity index (χ4n) is 1.60. The number of primary amides is 1. The van der Waals surface area contributed by atoms with Crippen molar-refractivity contribution in [3.8, 4) is 0 Å². The van der Waals surface area contributed by atoms with Gasteiger partial charge in [0.15, 0.2) is 0 Å². The first kappa shape index (κ1) is 17.5. The molecule has 3 heteroatoms. The zero-order valence-corrected chi connectivity index (χ0v) is 12.7. The highest BCUT2D eigenvalue weighted by atomic mass is 16.5. The number of ether oxygens (including phenoxy) is 1. The molecule has 0 aliphatic heterocycles. The van der Waals surface area contributed by atoms with Gasteiger partial charge < -0.3 is 10.5 Å². The Balaban J connectivity index is 3.86. The number of carbonyl (C=O) groups excluding carboxylic acids is 1. The second kappa shape index (κ2) is 10.4. The molecule has 2 N–H and O–H groups in total. The minimum atomic E-state index is -0.723. The first-order valence-corrected chi connectivity index (χ1v) is 6.78. The highest BCUT2D eigenvalue weighted by Crippen LogP contribution is 2.11. The van der Waals surface area contributed by atoms with Crippen molar-refractivity contribution in [3.05, 3.63) is 34.9 Å². The van der Waals surface area contributed by atoms with Crippen molar-refractivity contribution in [2.24, 2.45) is 5.73 Å². The lowest BCUT2D eigenvalue weighted by Crippen LogP contribution is -2.12. The summed E-state index contributed by atoms with van der Waals surface area (Å²) in [4.78, 5) is 10.4. The number of rotatable bonds is 8. The average molecular weight is 265 g/mol. The van der Waals surface area contributed by atoms with Crippen molar-refractivity contribution < 1.29 is 9.53 Å². The Bertz CT molecular complexity index is 361. The van der Waals surface area contributed by atoms with Gasteiger partial charge in [0.2, 0.25) is 0 Å². The second-order valence-electron chi connectivity index (χ2n) is 5.09. The number of hydrogen-bond donors (Lipinski definition) is 1. The minimum Gasteiger partial charge on any atom is -0.445 e. The van der Waals surface area contributed by atoms with Gasteiger partial charge in [0.25, 0.3) is 0 Å². The molecule has 0 heterocycles. The highest BCUT2D eigenvalue weighted by molar-refractivity contribution is 5.64. The molecule has 0 atom stereocenters. The molecular weight excluding hydrogens is 238 g/mol. The van der Waals surface area contributed by atoms with Gasteiger partial charge in [-0.1, -0.05) is 28.9 Å². The number of carbonyl (C=O) groups is 1. The molecule has 0 aliphatic rings. The Morgan fingerprint density at radius 3 is 2.00 bits per heavy atom. The van der Waals surface area contributed by atoms with Crippen LogP contribution in [0.15, 0.2) is 34.9 Å². The topological polar surface area (TPSA) is 52.3 Å². The summed E-state index contributed by atoms with van der Waals surface area (Å²) >= 11 is 0. The molecule has 19 heavy (non-hydrogen) atoms. The SMILES string of the molecule is CC(C)=CCCC(C)=CCCC(C)=CCOC(N)=O. The molecule has 0 aromatic heterocycles. The normalized spacial score (nSPS) is 12.2.